The average Bonchev–Trinajstić information content (AvgIpc) is 3.33. The topological polar surface area (TPSA) is 78.5 Å². The summed E-state index contributed by atoms with van der Waals surface area (Å²) in [5, 5.41) is 7.08. The van der Waals surface area contributed by atoms with E-state index in [9.17, 15) is 9.59 Å². The molecule has 4 atom stereocenters. The van der Waals surface area contributed by atoms with E-state index in [-0.39, 0.29) is 23.3 Å². The number of likely N-dealkylation sites (tertiary alicyclic amines) is 1. The van der Waals surface area contributed by atoms with Gasteiger partial charge >= 0.3 is 0 Å². The first-order valence-corrected chi connectivity index (χ1v) is 9.73. The molecule has 7 nitrogen and oxygen atoms in total. The molecule has 2 bridgehead atoms. The van der Waals surface area contributed by atoms with Crippen molar-refractivity contribution in [1.82, 2.24) is 20.0 Å². The highest BCUT2D eigenvalue weighted by Gasteiger charge is 2.67. The molecule has 1 aromatic heterocycles. The summed E-state index contributed by atoms with van der Waals surface area (Å²) >= 11 is 0. The van der Waals surface area contributed by atoms with Gasteiger partial charge in [0.2, 0.25) is 11.8 Å². The average molecular weight is 370 g/mol. The standard InChI is InChI=1S/C20H26N4O3/c1-19(2,3)10-24-11-20-6-4-14(27-20)15(16(20)18(24)26)17(25)23-7-5-13-12(9-23)8-21-22-13/h4,6,8,14-16H,5,7,9-11H2,1-3H3,(H,21,22)/t14-,15-,16+,20-/m0/s1. The van der Waals surface area contributed by atoms with Crippen LogP contribution >= 0.6 is 0 Å². The summed E-state index contributed by atoms with van der Waals surface area (Å²) < 4.78 is 6.24. The highest BCUT2D eigenvalue weighted by molar-refractivity contribution is 5.93. The Bertz CT molecular complexity index is 839. The number of hydrogen-bond acceptors (Lipinski definition) is 4. The van der Waals surface area contributed by atoms with Gasteiger partial charge in [0.15, 0.2) is 0 Å². The minimum absolute atomic E-state index is 0.0106. The van der Waals surface area contributed by atoms with Crippen molar-refractivity contribution in [3.63, 3.8) is 0 Å². The van der Waals surface area contributed by atoms with E-state index >= 15 is 0 Å². The normalized spacial score (nSPS) is 34.3. The zero-order chi connectivity index (χ0) is 19.0. The number of nitrogens with one attached hydrogen (secondary N) is 1. The molecule has 2 fully saturated rings. The predicted octanol–water partition coefficient (Wildman–Crippen LogP) is 1.12. The number of ether oxygens (including phenoxy) is 1. The third-order valence-electron chi connectivity index (χ3n) is 6.24. The van der Waals surface area contributed by atoms with E-state index in [0.29, 0.717) is 26.2 Å². The van der Waals surface area contributed by atoms with Gasteiger partial charge in [-0.1, -0.05) is 32.9 Å². The summed E-state index contributed by atoms with van der Waals surface area (Å²) in [5.74, 6) is -0.709. The van der Waals surface area contributed by atoms with E-state index in [1.807, 2.05) is 22.0 Å². The number of hydrogen-bond donors (Lipinski definition) is 1. The second kappa shape index (κ2) is 5.44. The lowest BCUT2D eigenvalue weighted by atomic mass is 9.76. The van der Waals surface area contributed by atoms with Crippen molar-refractivity contribution in [2.75, 3.05) is 19.6 Å². The van der Waals surface area contributed by atoms with Gasteiger partial charge in [-0.05, 0) is 5.41 Å². The SMILES string of the molecule is CC(C)(C)CN1C[C@]23C=C[C@H](O2)[C@H](C(=O)N2CCc4[nH]ncc4C2)[C@@H]3C1=O. The Morgan fingerprint density at radius 3 is 3.04 bits per heavy atom. The number of aromatic amines is 1. The van der Waals surface area contributed by atoms with Gasteiger partial charge in [-0.2, -0.15) is 5.10 Å². The summed E-state index contributed by atoms with van der Waals surface area (Å²) in [6.07, 6.45) is 6.29. The van der Waals surface area contributed by atoms with Gasteiger partial charge in [0.05, 0.1) is 30.7 Å². The molecule has 2 amide bonds. The second-order valence-corrected chi connectivity index (χ2v) is 9.54. The lowest BCUT2D eigenvalue weighted by Gasteiger charge is -2.32. The summed E-state index contributed by atoms with van der Waals surface area (Å²) in [6.45, 7) is 8.81. The van der Waals surface area contributed by atoms with E-state index in [1.54, 1.807) is 6.20 Å². The summed E-state index contributed by atoms with van der Waals surface area (Å²) in [4.78, 5) is 30.4. The van der Waals surface area contributed by atoms with Crippen LogP contribution in [0.2, 0.25) is 0 Å². The van der Waals surface area contributed by atoms with Gasteiger partial charge in [-0.25, -0.2) is 0 Å². The summed E-state index contributed by atoms with van der Waals surface area (Å²) in [6, 6.07) is 0. The Hall–Kier alpha value is -2.15. The Kier molecular flexibility index (Phi) is 3.42. The first-order chi connectivity index (χ1) is 12.8. The lowest BCUT2D eigenvalue weighted by molar-refractivity contribution is -0.144. The molecule has 5 heterocycles. The molecule has 4 aliphatic rings. The monoisotopic (exact) mass is 370 g/mol. The summed E-state index contributed by atoms with van der Waals surface area (Å²) in [5.41, 5.74) is 1.56. The number of carbonyl (C=O) groups excluding carboxylic acids is 2. The zero-order valence-electron chi connectivity index (χ0n) is 16.1. The third kappa shape index (κ3) is 2.47. The molecule has 27 heavy (non-hydrogen) atoms. The molecule has 0 unspecified atom stereocenters. The third-order valence-corrected chi connectivity index (χ3v) is 6.24. The number of aromatic nitrogens is 2. The quantitative estimate of drug-likeness (QED) is 0.792. The van der Waals surface area contributed by atoms with E-state index in [0.717, 1.165) is 17.7 Å². The van der Waals surface area contributed by atoms with Crippen LogP contribution in [0.4, 0.5) is 0 Å². The van der Waals surface area contributed by atoms with Crippen molar-refractivity contribution < 1.29 is 14.3 Å². The maximum Gasteiger partial charge on any atom is 0.230 e. The van der Waals surface area contributed by atoms with E-state index in [4.69, 9.17) is 4.74 Å². The molecule has 2 saturated heterocycles. The first kappa shape index (κ1) is 17.0. The van der Waals surface area contributed by atoms with Crippen molar-refractivity contribution >= 4 is 11.8 Å². The fourth-order valence-electron chi connectivity index (χ4n) is 5.19. The van der Waals surface area contributed by atoms with Gasteiger partial charge in [0, 0.05) is 37.3 Å². The van der Waals surface area contributed by atoms with Gasteiger partial charge in [0.25, 0.3) is 0 Å². The lowest BCUT2D eigenvalue weighted by Crippen LogP contribution is -2.47. The Balaban J connectivity index is 1.40. The maximum absolute atomic E-state index is 13.4. The van der Waals surface area contributed by atoms with Gasteiger partial charge in [0.1, 0.15) is 5.60 Å². The maximum atomic E-state index is 13.4. The minimum Gasteiger partial charge on any atom is -0.360 e. The molecular formula is C20H26N4O3. The molecule has 0 radical (unpaired) electrons. The van der Waals surface area contributed by atoms with Gasteiger partial charge < -0.3 is 14.5 Å². The number of amides is 2. The van der Waals surface area contributed by atoms with E-state index in [2.05, 4.69) is 31.0 Å². The molecule has 1 aromatic rings. The molecule has 1 spiro atoms. The molecular weight excluding hydrogens is 344 g/mol. The number of H-pyrrole nitrogens is 1. The number of fused-ring (bicyclic) bond motifs is 2. The minimum atomic E-state index is -0.621. The molecule has 0 aromatic carbocycles. The van der Waals surface area contributed by atoms with Crippen molar-refractivity contribution in [2.24, 2.45) is 17.3 Å². The van der Waals surface area contributed by atoms with Crippen LogP contribution in [0, 0.1) is 17.3 Å². The molecule has 4 aliphatic heterocycles. The van der Waals surface area contributed by atoms with Crippen molar-refractivity contribution in [1.29, 1.82) is 0 Å². The fraction of sp³-hybridized carbons (Fsp3) is 0.650. The van der Waals surface area contributed by atoms with Gasteiger partial charge in [-0.3, -0.25) is 14.7 Å². The Morgan fingerprint density at radius 1 is 1.44 bits per heavy atom. The van der Waals surface area contributed by atoms with Crippen LogP contribution in [0.1, 0.15) is 32.0 Å². The number of nitrogens with zero attached hydrogens (tertiary/aromatic N) is 3. The molecule has 7 heteroatoms. The van der Waals surface area contributed by atoms with Crippen molar-refractivity contribution in [2.45, 2.75) is 45.4 Å². The molecule has 1 N–H and O–H groups in total. The van der Waals surface area contributed by atoms with Crippen LogP contribution in [0.3, 0.4) is 0 Å². The zero-order valence-corrected chi connectivity index (χ0v) is 16.1. The highest BCUT2D eigenvalue weighted by Crippen LogP contribution is 2.52. The second-order valence-electron chi connectivity index (χ2n) is 9.54. The summed E-state index contributed by atoms with van der Waals surface area (Å²) in [7, 11) is 0. The molecule has 0 saturated carbocycles. The Labute approximate surface area is 158 Å². The van der Waals surface area contributed by atoms with Crippen LogP contribution in [-0.2, 0) is 27.3 Å². The van der Waals surface area contributed by atoms with Crippen LogP contribution < -0.4 is 0 Å². The van der Waals surface area contributed by atoms with Crippen molar-refractivity contribution in [3.05, 3.63) is 29.6 Å². The van der Waals surface area contributed by atoms with Crippen molar-refractivity contribution in [3.8, 4) is 0 Å². The molecule has 144 valence electrons. The van der Waals surface area contributed by atoms with Crippen LogP contribution in [0.25, 0.3) is 0 Å². The highest BCUT2D eigenvalue weighted by atomic mass is 16.5. The van der Waals surface area contributed by atoms with Crippen LogP contribution in [0.15, 0.2) is 18.3 Å². The van der Waals surface area contributed by atoms with Gasteiger partial charge in [-0.15, -0.1) is 0 Å². The predicted molar refractivity (Wildman–Crippen MR) is 97.5 cm³/mol. The fourth-order valence-corrected chi connectivity index (χ4v) is 5.19. The molecule has 5 rings (SSSR count). The van der Waals surface area contributed by atoms with E-state index in [1.165, 1.54) is 0 Å². The largest absolute Gasteiger partial charge is 0.360 e. The smallest absolute Gasteiger partial charge is 0.230 e. The number of rotatable bonds is 2. The number of carbonyl (C=O) groups is 2. The molecule has 0 aliphatic carbocycles. The van der Waals surface area contributed by atoms with Crippen LogP contribution in [0.5, 0.6) is 0 Å². The Morgan fingerprint density at radius 2 is 2.26 bits per heavy atom. The van der Waals surface area contributed by atoms with Crippen LogP contribution in [-0.4, -0.2) is 63.2 Å². The van der Waals surface area contributed by atoms with E-state index < -0.39 is 17.4 Å². The first-order valence-electron chi connectivity index (χ1n) is 9.73.